The lowest BCUT2D eigenvalue weighted by Crippen LogP contribution is -2.20. The zero-order valence-corrected chi connectivity index (χ0v) is 10.8. The minimum Gasteiger partial charge on any atom is -0.474 e. The molecule has 0 spiro atoms. The maximum absolute atomic E-state index is 5.70. The van der Waals surface area contributed by atoms with Gasteiger partial charge in [-0.1, -0.05) is 25.6 Å². The number of nitrogens with one attached hydrogen (secondary N) is 1. The molecule has 0 saturated carbocycles. The zero-order chi connectivity index (χ0) is 12.1. The molecule has 16 heavy (non-hydrogen) atoms. The Morgan fingerprint density at radius 1 is 1.38 bits per heavy atom. The highest BCUT2D eigenvalue weighted by molar-refractivity contribution is 7.98. The summed E-state index contributed by atoms with van der Waals surface area (Å²) in [6.45, 7) is 6.22. The summed E-state index contributed by atoms with van der Waals surface area (Å²) in [5.41, 5.74) is 2.50. The summed E-state index contributed by atoms with van der Waals surface area (Å²) in [6, 6.07) is 1.69. The van der Waals surface area contributed by atoms with E-state index in [0.717, 1.165) is 0 Å². The molecule has 3 N–H and O–H groups in total. The van der Waals surface area contributed by atoms with E-state index < -0.39 is 0 Å². The second-order valence-electron chi connectivity index (χ2n) is 3.79. The molecule has 0 amide bonds. The fraction of sp³-hybridized carbons (Fsp3) is 0.600. The molecule has 0 aliphatic carbocycles. The van der Waals surface area contributed by atoms with Crippen LogP contribution < -0.4 is 16.0 Å². The van der Waals surface area contributed by atoms with Gasteiger partial charge in [0, 0.05) is 6.07 Å². The molecule has 6 heteroatoms. The Labute approximate surface area is 100 Å². The van der Waals surface area contributed by atoms with Crippen molar-refractivity contribution in [3.8, 4) is 5.88 Å². The van der Waals surface area contributed by atoms with Gasteiger partial charge in [-0.2, -0.15) is 4.98 Å². The molecule has 0 fully saturated rings. The van der Waals surface area contributed by atoms with Gasteiger partial charge in [0.15, 0.2) is 5.16 Å². The number of ether oxygens (including phenoxy) is 1. The van der Waals surface area contributed by atoms with Crippen molar-refractivity contribution < 1.29 is 4.74 Å². The molecule has 1 aromatic rings. The molecular formula is C10H18N4OS. The van der Waals surface area contributed by atoms with Crippen molar-refractivity contribution in [1.82, 2.24) is 9.97 Å². The lowest BCUT2D eigenvalue weighted by atomic mass is 10.1. The normalized spacial score (nSPS) is 12.6. The van der Waals surface area contributed by atoms with Crippen molar-refractivity contribution in [1.29, 1.82) is 0 Å². The van der Waals surface area contributed by atoms with Gasteiger partial charge in [0.2, 0.25) is 5.88 Å². The average molecular weight is 242 g/mol. The van der Waals surface area contributed by atoms with Crippen LogP contribution in [0.3, 0.4) is 0 Å². The highest BCUT2D eigenvalue weighted by Gasteiger charge is 2.11. The summed E-state index contributed by atoms with van der Waals surface area (Å²) in [7, 11) is 0. The van der Waals surface area contributed by atoms with Crippen LogP contribution in [-0.2, 0) is 0 Å². The fourth-order valence-corrected chi connectivity index (χ4v) is 1.33. The SMILES string of the molecule is CSc1nc(NN)cc(OC(C)C(C)C)n1. The van der Waals surface area contributed by atoms with Gasteiger partial charge in [-0.3, -0.25) is 0 Å². The summed E-state index contributed by atoms with van der Waals surface area (Å²) < 4.78 is 5.70. The van der Waals surface area contributed by atoms with E-state index in [1.165, 1.54) is 11.8 Å². The second-order valence-corrected chi connectivity index (χ2v) is 4.56. The molecule has 0 aliphatic rings. The van der Waals surface area contributed by atoms with Crippen molar-refractivity contribution >= 4 is 17.6 Å². The van der Waals surface area contributed by atoms with E-state index in [1.807, 2.05) is 13.2 Å². The molecule has 90 valence electrons. The van der Waals surface area contributed by atoms with Crippen molar-refractivity contribution in [2.24, 2.45) is 11.8 Å². The van der Waals surface area contributed by atoms with Crippen molar-refractivity contribution in [2.45, 2.75) is 32.0 Å². The van der Waals surface area contributed by atoms with Gasteiger partial charge >= 0.3 is 0 Å². The zero-order valence-electron chi connectivity index (χ0n) is 10.0. The number of aromatic nitrogens is 2. The molecule has 0 saturated heterocycles. The van der Waals surface area contributed by atoms with Crippen molar-refractivity contribution in [2.75, 3.05) is 11.7 Å². The molecule has 1 aromatic heterocycles. The van der Waals surface area contributed by atoms with Gasteiger partial charge in [-0.05, 0) is 19.1 Å². The number of hydrogen-bond acceptors (Lipinski definition) is 6. The molecule has 1 unspecified atom stereocenters. The average Bonchev–Trinajstić information content (AvgIpc) is 2.28. The summed E-state index contributed by atoms with van der Waals surface area (Å²) in [6.07, 6.45) is 2.01. The summed E-state index contributed by atoms with van der Waals surface area (Å²) >= 11 is 1.45. The van der Waals surface area contributed by atoms with Crippen LogP contribution in [0.5, 0.6) is 5.88 Å². The lowest BCUT2D eigenvalue weighted by molar-refractivity contribution is 0.162. The van der Waals surface area contributed by atoms with Crippen LogP contribution in [-0.4, -0.2) is 22.3 Å². The van der Waals surface area contributed by atoms with Gasteiger partial charge in [-0.15, -0.1) is 0 Å². The molecule has 0 radical (unpaired) electrons. The van der Waals surface area contributed by atoms with Crippen LogP contribution in [0.25, 0.3) is 0 Å². The number of anilines is 1. The van der Waals surface area contributed by atoms with Gasteiger partial charge in [-0.25, -0.2) is 10.8 Å². The van der Waals surface area contributed by atoms with Gasteiger partial charge in [0.05, 0.1) is 6.10 Å². The Hall–Kier alpha value is -1.01. The smallest absolute Gasteiger partial charge is 0.219 e. The third kappa shape index (κ3) is 3.53. The second kappa shape index (κ2) is 5.91. The van der Waals surface area contributed by atoms with Crippen LogP contribution in [0.15, 0.2) is 11.2 Å². The van der Waals surface area contributed by atoms with Gasteiger partial charge < -0.3 is 10.2 Å². The molecule has 1 heterocycles. The molecule has 1 rings (SSSR count). The Bertz CT molecular complexity index is 323. The highest BCUT2D eigenvalue weighted by atomic mass is 32.2. The first kappa shape index (κ1) is 13.1. The first-order chi connectivity index (χ1) is 7.56. The van der Waals surface area contributed by atoms with Crippen LogP contribution in [0, 0.1) is 5.92 Å². The Morgan fingerprint density at radius 2 is 2.06 bits per heavy atom. The Kier molecular flexibility index (Phi) is 4.82. The minimum absolute atomic E-state index is 0.107. The standard InChI is InChI=1S/C10H18N4OS/c1-6(2)7(3)15-9-5-8(14-11)12-10(13-9)16-4/h5-7H,11H2,1-4H3,(H,12,13,14). The van der Waals surface area contributed by atoms with E-state index in [2.05, 4.69) is 29.2 Å². The topological polar surface area (TPSA) is 73.1 Å². The first-order valence-electron chi connectivity index (χ1n) is 5.13. The van der Waals surface area contributed by atoms with Crippen LogP contribution >= 0.6 is 11.8 Å². The number of nitrogens with two attached hydrogens (primary N) is 1. The predicted octanol–water partition coefficient (Wildman–Crippen LogP) is 1.91. The molecular weight excluding hydrogens is 224 g/mol. The molecule has 0 bridgehead atoms. The summed E-state index contributed by atoms with van der Waals surface area (Å²) in [5.74, 6) is 6.87. The van der Waals surface area contributed by atoms with Gasteiger partial charge in [0.1, 0.15) is 5.82 Å². The number of thioether (sulfide) groups is 1. The number of hydrazine groups is 1. The van der Waals surface area contributed by atoms with Crippen LogP contribution in [0.4, 0.5) is 5.82 Å². The van der Waals surface area contributed by atoms with E-state index in [-0.39, 0.29) is 6.10 Å². The third-order valence-electron chi connectivity index (χ3n) is 2.26. The minimum atomic E-state index is 0.107. The van der Waals surface area contributed by atoms with Gasteiger partial charge in [0.25, 0.3) is 0 Å². The van der Waals surface area contributed by atoms with E-state index in [1.54, 1.807) is 6.07 Å². The molecule has 1 atom stereocenters. The maximum Gasteiger partial charge on any atom is 0.219 e. The molecule has 5 nitrogen and oxygen atoms in total. The number of hydrogen-bond donors (Lipinski definition) is 2. The van der Waals surface area contributed by atoms with Crippen molar-refractivity contribution in [3.63, 3.8) is 0 Å². The monoisotopic (exact) mass is 242 g/mol. The first-order valence-corrected chi connectivity index (χ1v) is 6.35. The number of rotatable bonds is 5. The highest BCUT2D eigenvalue weighted by Crippen LogP contribution is 2.20. The lowest BCUT2D eigenvalue weighted by Gasteiger charge is -2.17. The fourth-order valence-electron chi connectivity index (χ4n) is 0.956. The molecule has 0 aliphatic heterocycles. The summed E-state index contributed by atoms with van der Waals surface area (Å²) in [5, 5.41) is 0.640. The van der Waals surface area contributed by atoms with Crippen LogP contribution in [0.1, 0.15) is 20.8 Å². The summed E-state index contributed by atoms with van der Waals surface area (Å²) in [4.78, 5) is 8.41. The maximum atomic E-state index is 5.70. The number of nitrogen functional groups attached to an aromatic ring is 1. The van der Waals surface area contributed by atoms with E-state index in [4.69, 9.17) is 10.6 Å². The Morgan fingerprint density at radius 3 is 2.56 bits per heavy atom. The van der Waals surface area contributed by atoms with Crippen LogP contribution in [0.2, 0.25) is 0 Å². The number of nitrogens with zero attached hydrogens (tertiary/aromatic N) is 2. The third-order valence-corrected chi connectivity index (χ3v) is 2.81. The van der Waals surface area contributed by atoms with Crippen molar-refractivity contribution in [3.05, 3.63) is 6.07 Å². The quantitative estimate of drug-likeness (QED) is 0.355. The Balaban J connectivity index is 2.86. The molecule has 0 aromatic carbocycles. The predicted molar refractivity (Wildman–Crippen MR) is 66.6 cm³/mol. The largest absolute Gasteiger partial charge is 0.474 e. The van der Waals surface area contributed by atoms with E-state index >= 15 is 0 Å². The van der Waals surface area contributed by atoms with E-state index in [0.29, 0.717) is 22.8 Å². The van der Waals surface area contributed by atoms with E-state index in [9.17, 15) is 0 Å².